The predicted octanol–water partition coefficient (Wildman–Crippen LogP) is 3.91. The van der Waals surface area contributed by atoms with Gasteiger partial charge in [0.25, 0.3) is 0 Å². The van der Waals surface area contributed by atoms with Gasteiger partial charge in [0.15, 0.2) is 0 Å². The predicted molar refractivity (Wildman–Crippen MR) is 96.8 cm³/mol. The second kappa shape index (κ2) is 6.26. The average Bonchev–Trinajstić information content (AvgIpc) is 3.32. The van der Waals surface area contributed by atoms with E-state index in [0.29, 0.717) is 0 Å². The maximum Gasteiger partial charge on any atom is 2.00 e. The van der Waals surface area contributed by atoms with Gasteiger partial charge >= 0.3 is 19.5 Å². The summed E-state index contributed by atoms with van der Waals surface area (Å²) in [5.74, 6) is 0. The van der Waals surface area contributed by atoms with Crippen molar-refractivity contribution in [2.24, 2.45) is 0 Å². The van der Waals surface area contributed by atoms with Crippen molar-refractivity contribution in [1.82, 2.24) is 19.9 Å². The minimum absolute atomic E-state index is 0. The van der Waals surface area contributed by atoms with Crippen LogP contribution in [0.1, 0.15) is 22.8 Å². The molecule has 2 aliphatic rings. The van der Waals surface area contributed by atoms with Crippen molar-refractivity contribution >= 4 is 46.4 Å². The summed E-state index contributed by atoms with van der Waals surface area (Å²) in [6.07, 6.45) is 7.95. The molecule has 4 nitrogen and oxygen atoms in total. The largest absolute Gasteiger partial charge is 2.00 e. The quantitative estimate of drug-likeness (QED) is 0.386. The minimum atomic E-state index is 0. The summed E-state index contributed by atoms with van der Waals surface area (Å²) in [7, 11) is 0. The molecule has 3 aromatic rings. The standard InChI is InChI=1S/C20H12N4.Zn/c1-2-14-10-16-5-6-18(23-16)12-20-8-7-19(24-20)11-17-4-3-15(22-17)9-13(1)21-14;/h1-12H;/q-2;+2. The van der Waals surface area contributed by atoms with Crippen LogP contribution in [0.15, 0.2) is 48.5 Å². The van der Waals surface area contributed by atoms with E-state index in [1.807, 2.05) is 72.8 Å². The first-order valence-corrected chi connectivity index (χ1v) is 7.74. The van der Waals surface area contributed by atoms with Gasteiger partial charge in [-0.3, -0.25) is 0 Å². The van der Waals surface area contributed by atoms with Crippen LogP contribution in [0.25, 0.3) is 46.4 Å². The summed E-state index contributed by atoms with van der Waals surface area (Å²) in [4.78, 5) is 18.4. The number of hydrogen-bond acceptors (Lipinski definition) is 2. The topological polar surface area (TPSA) is 54.0 Å². The van der Waals surface area contributed by atoms with Crippen LogP contribution in [0.3, 0.4) is 0 Å². The normalized spacial score (nSPS) is 12.2. The zero-order valence-corrected chi connectivity index (χ0v) is 16.4. The second-order valence-electron chi connectivity index (χ2n) is 5.76. The van der Waals surface area contributed by atoms with Gasteiger partial charge in [0, 0.05) is 0 Å². The number of hydrogen-bond donors (Lipinski definition) is 0. The van der Waals surface area contributed by atoms with Crippen LogP contribution < -0.4 is 9.97 Å². The summed E-state index contributed by atoms with van der Waals surface area (Å²) in [5.41, 5.74) is 7.15. The molecule has 114 valence electrons. The number of nitrogens with zero attached hydrogens (tertiary/aromatic N) is 4. The molecule has 8 bridgehead atoms. The summed E-state index contributed by atoms with van der Waals surface area (Å²) in [6.45, 7) is 0. The fourth-order valence-electron chi connectivity index (χ4n) is 2.83. The minimum Gasteiger partial charge on any atom is -0.658 e. The number of fused-ring (bicyclic) bond motifs is 8. The Bertz CT molecular complexity index is 990. The van der Waals surface area contributed by atoms with Crippen molar-refractivity contribution in [2.75, 3.05) is 0 Å². The zero-order chi connectivity index (χ0) is 15.9. The molecular formula is C20H12N4Zn. The molecule has 0 atom stereocenters. The van der Waals surface area contributed by atoms with E-state index in [2.05, 4.69) is 19.9 Å². The van der Waals surface area contributed by atoms with Gasteiger partial charge in [-0.05, 0) is 24.3 Å². The Hall–Kier alpha value is -2.78. The van der Waals surface area contributed by atoms with E-state index in [1.54, 1.807) is 0 Å². The second-order valence-corrected chi connectivity index (χ2v) is 5.76. The third-order valence-corrected chi connectivity index (χ3v) is 3.92. The molecule has 0 spiro atoms. The molecule has 0 radical (unpaired) electrons. The molecule has 3 aromatic heterocycles. The molecule has 2 aliphatic heterocycles. The van der Waals surface area contributed by atoms with E-state index in [0.717, 1.165) is 44.8 Å². The Balaban J connectivity index is 0.00000157. The maximum atomic E-state index is 4.59. The Morgan fingerprint density at radius 2 is 0.760 bits per heavy atom. The van der Waals surface area contributed by atoms with Gasteiger partial charge in [0.05, 0.1) is 22.8 Å². The molecule has 0 unspecified atom stereocenters. The van der Waals surface area contributed by atoms with Crippen molar-refractivity contribution in [3.05, 3.63) is 71.3 Å². The third kappa shape index (κ3) is 3.24. The summed E-state index contributed by atoms with van der Waals surface area (Å²) in [5, 5.41) is 0. The zero-order valence-electron chi connectivity index (χ0n) is 13.4. The van der Waals surface area contributed by atoms with Gasteiger partial charge in [0.1, 0.15) is 0 Å². The molecule has 0 amide bonds. The van der Waals surface area contributed by atoms with Crippen LogP contribution >= 0.6 is 0 Å². The van der Waals surface area contributed by atoms with E-state index >= 15 is 0 Å². The first kappa shape index (κ1) is 15.7. The fourth-order valence-corrected chi connectivity index (χ4v) is 2.83. The number of aromatic nitrogens is 4. The molecule has 5 heterocycles. The SMILES string of the molecule is C1=Cc2cc3ccc(cc4nc(cc5ccc(cc1n2)[n-]5)C=C4)[n-]3.[Zn+2]. The Labute approximate surface area is 157 Å². The smallest absolute Gasteiger partial charge is 0.658 e. The molecule has 5 heteroatoms. The van der Waals surface area contributed by atoms with Crippen molar-refractivity contribution in [3.63, 3.8) is 0 Å². The van der Waals surface area contributed by atoms with Crippen LogP contribution in [0.2, 0.25) is 0 Å². The van der Waals surface area contributed by atoms with Crippen molar-refractivity contribution < 1.29 is 19.5 Å². The van der Waals surface area contributed by atoms with Crippen LogP contribution in [0.5, 0.6) is 0 Å². The van der Waals surface area contributed by atoms with E-state index in [4.69, 9.17) is 0 Å². The summed E-state index contributed by atoms with van der Waals surface area (Å²) >= 11 is 0. The van der Waals surface area contributed by atoms with Crippen molar-refractivity contribution in [3.8, 4) is 0 Å². The third-order valence-electron chi connectivity index (χ3n) is 3.92. The van der Waals surface area contributed by atoms with Crippen molar-refractivity contribution in [1.29, 1.82) is 0 Å². The van der Waals surface area contributed by atoms with Crippen LogP contribution in [0, 0.1) is 0 Å². The molecule has 0 N–H and O–H groups in total. The Morgan fingerprint density at radius 3 is 1.04 bits per heavy atom. The molecule has 0 fully saturated rings. The molecule has 0 aliphatic carbocycles. The van der Waals surface area contributed by atoms with E-state index in [1.165, 1.54) is 0 Å². The van der Waals surface area contributed by atoms with Crippen molar-refractivity contribution in [2.45, 2.75) is 0 Å². The maximum absolute atomic E-state index is 4.59. The first-order valence-electron chi connectivity index (χ1n) is 7.74. The molecule has 0 saturated carbocycles. The Morgan fingerprint density at radius 1 is 0.480 bits per heavy atom. The summed E-state index contributed by atoms with van der Waals surface area (Å²) in [6, 6.07) is 15.9. The van der Waals surface area contributed by atoms with Crippen LogP contribution in [-0.2, 0) is 19.5 Å². The molecule has 0 aromatic carbocycles. The Kier molecular flexibility index (Phi) is 3.94. The molecule has 0 saturated heterocycles. The van der Waals surface area contributed by atoms with E-state index in [9.17, 15) is 0 Å². The summed E-state index contributed by atoms with van der Waals surface area (Å²) < 4.78 is 0. The van der Waals surface area contributed by atoms with Gasteiger partial charge in [-0.1, -0.05) is 48.5 Å². The molecular weight excluding hydrogens is 362 g/mol. The fraction of sp³-hybridized carbons (Fsp3) is 0. The van der Waals surface area contributed by atoms with Gasteiger partial charge in [0.2, 0.25) is 0 Å². The monoisotopic (exact) mass is 372 g/mol. The molecule has 25 heavy (non-hydrogen) atoms. The van der Waals surface area contributed by atoms with Gasteiger partial charge in [-0.25, -0.2) is 9.97 Å². The number of rotatable bonds is 0. The van der Waals surface area contributed by atoms with Gasteiger partial charge < -0.3 is 9.97 Å². The first-order chi connectivity index (χ1) is 11.8. The van der Waals surface area contributed by atoms with E-state index < -0.39 is 0 Å². The van der Waals surface area contributed by atoms with Crippen LogP contribution in [-0.4, -0.2) is 9.97 Å². The molecule has 5 rings (SSSR count). The van der Waals surface area contributed by atoms with E-state index in [-0.39, 0.29) is 19.5 Å². The average molecular weight is 374 g/mol. The van der Waals surface area contributed by atoms with Crippen LogP contribution in [0.4, 0.5) is 0 Å². The van der Waals surface area contributed by atoms with Gasteiger partial charge in [-0.15, -0.1) is 22.1 Å². The van der Waals surface area contributed by atoms with Gasteiger partial charge in [-0.2, -0.15) is 0 Å².